The Hall–Kier alpha value is -3.05. The number of benzene rings is 1. The summed E-state index contributed by atoms with van der Waals surface area (Å²) in [4.78, 5) is 29.0. The number of oxime groups is 1. The molecule has 2 aromatic rings. The number of anilines is 2. The molecular formula is C21H25N5O5S. The highest BCUT2D eigenvalue weighted by molar-refractivity contribution is 7.92. The van der Waals surface area contributed by atoms with Crippen LogP contribution in [0, 0.1) is 0 Å². The molecule has 1 saturated heterocycles. The van der Waals surface area contributed by atoms with Crippen molar-refractivity contribution in [3.05, 3.63) is 42.2 Å². The zero-order valence-corrected chi connectivity index (χ0v) is 18.7. The van der Waals surface area contributed by atoms with Crippen LogP contribution >= 0.6 is 0 Å². The van der Waals surface area contributed by atoms with Gasteiger partial charge in [-0.1, -0.05) is 17.3 Å². The fourth-order valence-electron chi connectivity index (χ4n) is 3.11. The number of amides is 1. The standard InChI is InChI=1S/C21H25N5O5S/c1-26(2)19-12-22-18(11-23-19)24-21(27)20(25-31-15-9-10-30-13-15)14-3-5-16(6-4-14)32(28,29)17-7-8-17/h3-6,11-12,15,17H,7-10,13H2,1-2H3,(H,22,24,27)/b25-20+/t15-/m1/s1. The molecule has 0 spiro atoms. The van der Waals surface area contributed by atoms with Crippen molar-refractivity contribution >= 4 is 33.1 Å². The Morgan fingerprint density at radius 1 is 1.16 bits per heavy atom. The van der Waals surface area contributed by atoms with Crippen LogP contribution in [-0.2, 0) is 24.2 Å². The van der Waals surface area contributed by atoms with Gasteiger partial charge in [0.25, 0.3) is 5.91 Å². The number of carbonyl (C=O) groups excluding carboxylic acids is 1. The number of hydrogen-bond acceptors (Lipinski definition) is 9. The maximum absolute atomic E-state index is 13.0. The number of rotatable bonds is 8. The average Bonchev–Trinajstić information content (AvgIpc) is 3.52. The van der Waals surface area contributed by atoms with E-state index in [1.165, 1.54) is 24.5 Å². The summed E-state index contributed by atoms with van der Waals surface area (Å²) in [6, 6.07) is 6.11. The summed E-state index contributed by atoms with van der Waals surface area (Å²) in [7, 11) is 0.351. The zero-order chi connectivity index (χ0) is 22.7. The van der Waals surface area contributed by atoms with Crippen LogP contribution in [0.15, 0.2) is 46.7 Å². The van der Waals surface area contributed by atoms with Crippen molar-refractivity contribution < 1.29 is 22.8 Å². The molecule has 4 rings (SSSR count). The normalized spacial score (nSPS) is 18.9. The first kappa shape index (κ1) is 22.2. The predicted octanol–water partition coefficient (Wildman–Crippen LogP) is 1.63. The van der Waals surface area contributed by atoms with Crippen LogP contribution in [0.3, 0.4) is 0 Å². The molecule has 0 bridgehead atoms. The quantitative estimate of drug-likeness (QED) is 0.467. The van der Waals surface area contributed by atoms with Crippen molar-refractivity contribution in [1.82, 2.24) is 9.97 Å². The third-order valence-corrected chi connectivity index (χ3v) is 7.43. The molecule has 1 aliphatic heterocycles. The lowest BCUT2D eigenvalue weighted by atomic mass is 10.1. The third kappa shape index (κ3) is 5.05. The van der Waals surface area contributed by atoms with E-state index in [0.29, 0.717) is 43.9 Å². The lowest BCUT2D eigenvalue weighted by Gasteiger charge is -2.12. The van der Waals surface area contributed by atoms with Gasteiger partial charge in [-0.15, -0.1) is 0 Å². The number of carbonyl (C=O) groups is 1. The lowest BCUT2D eigenvalue weighted by molar-refractivity contribution is -0.110. The Morgan fingerprint density at radius 3 is 2.47 bits per heavy atom. The molecule has 32 heavy (non-hydrogen) atoms. The summed E-state index contributed by atoms with van der Waals surface area (Å²) >= 11 is 0. The minimum absolute atomic E-state index is 0.00533. The van der Waals surface area contributed by atoms with Gasteiger partial charge in [0.1, 0.15) is 5.82 Å². The fraction of sp³-hybridized carbons (Fsp3) is 0.429. The first-order chi connectivity index (χ1) is 15.3. The highest BCUT2D eigenvalue weighted by atomic mass is 32.2. The Morgan fingerprint density at radius 2 is 1.91 bits per heavy atom. The van der Waals surface area contributed by atoms with Gasteiger partial charge in [-0.3, -0.25) is 4.79 Å². The van der Waals surface area contributed by atoms with Crippen molar-refractivity contribution in [2.75, 3.05) is 37.5 Å². The number of aromatic nitrogens is 2. The van der Waals surface area contributed by atoms with Crippen LogP contribution in [0.2, 0.25) is 0 Å². The maximum Gasteiger partial charge on any atom is 0.279 e. The predicted molar refractivity (Wildman–Crippen MR) is 118 cm³/mol. The molecule has 2 aliphatic rings. The van der Waals surface area contributed by atoms with Gasteiger partial charge in [-0.2, -0.15) is 0 Å². The Balaban J connectivity index is 1.56. The van der Waals surface area contributed by atoms with E-state index in [0.717, 1.165) is 0 Å². The van der Waals surface area contributed by atoms with E-state index in [1.807, 2.05) is 14.1 Å². The molecule has 2 fully saturated rings. The van der Waals surface area contributed by atoms with E-state index in [4.69, 9.17) is 9.57 Å². The molecular weight excluding hydrogens is 434 g/mol. The summed E-state index contributed by atoms with van der Waals surface area (Å²) in [5.41, 5.74) is 0.430. The second-order valence-electron chi connectivity index (χ2n) is 7.91. The van der Waals surface area contributed by atoms with Gasteiger partial charge in [0, 0.05) is 26.1 Å². The van der Waals surface area contributed by atoms with Crippen molar-refractivity contribution in [1.29, 1.82) is 0 Å². The van der Waals surface area contributed by atoms with Crippen molar-refractivity contribution in [3.8, 4) is 0 Å². The third-order valence-electron chi connectivity index (χ3n) is 5.15. The van der Waals surface area contributed by atoms with E-state index in [2.05, 4.69) is 20.4 Å². The lowest BCUT2D eigenvalue weighted by Crippen LogP contribution is -2.26. The molecule has 1 N–H and O–H groups in total. The Bertz CT molecular complexity index is 1090. The minimum Gasteiger partial charge on any atom is -0.389 e. The Labute approximate surface area is 186 Å². The first-order valence-electron chi connectivity index (χ1n) is 10.3. The number of nitrogens with one attached hydrogen (secondary N) is 1. The van der Waals surface area contributed by atoms with Crippen molar-refractivity contribution in [2.24, 2.45) is 5.16 Å². The van der Waals surface area contributed by atoms with E-state index in [9.17, 15) is 13.2 Å². The van der Waals surface area contributed by atoms with Gasteiger partial charge >= 0.3 is 0 Å². The number of hydrogen-bond donors (Lipinski definition) is 1. The van der Waals surface area contributed by atoms with E-state index >= 15 is 0 Å². The molecule has 1 amide bonds. The van der Waals surface area contributed by atoms with Gasteiger partial charge in [0.05, 0.1) is 35.8 Å². The highest BCUT2D eigenvalue weighted by Gasteiger charge is 2.36. The molecule has 1 atom stereocenters. The summed E-state index contributed by atoms with van der Waals surface area (Å²) in [6.45, 7) is 0.970. The molecule has 1 aliphatic carbocycles. The zero-order valence-electron chi connectivity index (χ0n) is 17.9. The van der Waals surface area contributed by atoms with Crippen LogP contribution in [0.1, 0.15) is 24.8 Å². The molecule has 11 heteroatoms. The molecule has 10 nitrogen and oxygen atoms in total. The molecule has 1 saturated carbocycles. The average molecular weight is 460 g/mol. The smallest absolute Gasteiger partial charge is 0.279 e. The molecule has 1 aromatic heterocycles. The van der Waals surface area contributed by atoms with Crippen LogP contribution in [0.4, 0.5) is 11.6 Å². The van der Waals surface area contributed by atoms with Crippen molar-refractivity contribution in [2.45, 2.75) is 35.5 Å². The van der Waals surface area contributed by atoms with E-state index in [-0.39, 0.29) is 27.8 Å². The summed E-state index contributed by atoms with van der Waals surface area (Å²) in [5, 5.41) is 6.43. The fourth-order valence-corrected chi connectivity index (χ4v) is 4.77. The van der Waals surface area contributed by atoms with Crippen molar-refractivity contribution in [3.63, 3.8) is 0 Å². The SMILES string of the molecule is CN(C)c1cnc(NC(=O)/C(=N/O[C@@H]2CCOC2)c2ccc(S(=O)(=O)C3CC3)cc2)cn1. The maximum atomic E-state index is 13.0. The van der Waals surface area contributed by atoms with Gasteiger partial charge in [-0.05, 0) is 25.0 Å². The van der Waals surface area contributed by atoms with Gasteiger partial charge in [0.15, 0.2) is 27.5 Å². The molecule has 2 heterocycles. The summed E-state index contributed by atoms with van der Waals surface area (Å²) < 4.78 is 30.2. The molecule has 170 valence electrons. The monoisotopic (exact) mass is 459 g/mol. The van der Waals surface area contributed by atoms with E-state index < -0.39 is 15.7 Å². The summed E-state index contributed by atoms with van der Waals surface area (Å²) in [5.74, 6) is 0.355. The summed E-state index contributed by atoms with van der Waals surface area (Å²) in [6.07, 6.45) is 4.78. The number of ether oxygens (including phenoxy) is 1. The highest BCUT2D eigenvalue weighted by Crippen LogP contribution is 2.33. The van der Waals surface area contributed by atoms with Gasteiger partial charge in [-0.25, -0.2) is 18.4 Å². The van der Waals surface area contributed by atoms with Crippen LogP contribution < -0.4 is 10.2 Å². The Kier molecular flexibility index (Phi) is 6.38. The first-order valence-corrected chi connectivity index (χ1v) is 11.9. The van der Waals surface area contributed by atoms with Gasteiger partial charge < -0.3 is 19.8 Å². The topological polar surface area (TPSA) is 123 Å². The number of sulfone groups is 1. The second-order valence-corrected chi connectivity index (χ2v) is 10.1. The molecule has 0 unspecified atom stereocenters. The number of nitrogens with zero attached hydrogens (tertiary/aromatic N) is 4. The minimum atomic E-state index is -3.32. The van der Waals surface area contributed by atoms with Gasteiger partial charge in [0.2, 0.25) is 0 Å². The molecule has 0 radical (unpaired) electrons. The van der Waals surface area contributed by atoms with Crippen LogP contribution in [0.5, 0.6) is 0 Å². The largest absolute Gasteiger partial charge is 0.389 e. The molecule has 1 aromatic carbocycles. The second kappa shape index (κ2) is 9.21. The van der Waals surface area contributed by atoms with Crippen LogP contribution in [0.25, 0.3) is 0 Å². The van der Waals surface area contributed by atoms with Crippen LogP contribution in [-0.4, -0.2) is 68.7 Å². The van der Waals surface area contributed by atoms with E-state index in [1.54, 1.807) is 17.0 Å².